The maximum Gasteiger partial charge on any atom is 0.112 e. The molecule has 1 aromatic heterocycles. The highest BCUT2D eigenvalue weighted by atomic mass is 79.9. The van der Waals surface area contributed by atoms with Crippen molar-refractivity contribution >= 4 is 44.6 Å². The van der Waals surface area contributed by atoms with E-state index < -0.39 is 0 Å². The molecule has 0 saturated carbocycles. The second kappa shape index (κ2) is 5.17. The van der Waals surface area contributed by atoms with E-state index in [1.54, 1.807) is 11.3 Å². The summed E-state index contributed by atoms with van der Waals surface area (Å²) in [6.07, 6.45) is 0. The van der Waals surface area contributed by atoms with Crippen LogP contribution >= 0.6 is 38.9 Å². The topological polar surface area (TPSA) is 24.9 Å². The van der Waals surface area contributed by atoms with Crippen LogP contribution in [0.3, 0.4) is 0 Å². The van der Waals surface area contributed by atoms with E-state index in [1.807, 2.05) is 30.5 Å². The van der Waals surface area contributed by atoms with Crippen molar-refractivity contribution in [1.29, 1.82) is 0 Å². The lowest BCUT2D eigenvalue weighted by atomic mass is 10.3. The molecular weight excluding hydrogens is 308 g/mol. The van der Waals surface area contributed by atoms with Gasteiger partial charge in [0.25, 0.3) is 0 Å². The second-order valence-electron chi connectivity index (χ2n) is 3.36. The molecule has 0 aliphatic rings. The van der Waals surface area contributed by atoms with Crippen LogP contribution < -0.4 is 5.32 Å². The van der Waals surface area contributed by atoms with Gasteiger partial charge in [-0.05, 0) is 41.1 Å². The molecule has 0 atom stereocenters. The molecule has 1 heterocycles. The Kier molecular flexibility index (Phi) is 3.84. The van der Waals surface area contributed by atoms with E-state index in [2.05, 4.69) is 26.2 Å². The van der Waals surface area contributed by atoms with E-state index in [1.165, 1.54) is 0 Å². The summed E-state index contributed by atoms with van der Waals surface area (Å²) in [5.74, 6) is 0. The SMILES string of the molecule is Cc1csc(CNc2ccc(Cl)cc2Br)n1. The zero-order valence-corrected chi connectivity index (χ0v) is 11.8. The van der Waals surface area contributed by atoms with Crippen molar-refractivity contribution in [3.8, 4) is 0 Å². The van der Waals surface area contributed by atoms with Crippen molar-refractivity contribution in [2.24, 2.45) is 0 Å². The molecule has 0 unspecified atom stereocenters. The summed E-state index contributed by atoms with van der Waals surface area (Å²) in [7, 11) is 0. The Labute approximate surface area is 112 Å². The van der Waals surface area contributed by atoms with Crippen LogP contribution in [0.25, 0.3) is 0 Å². The van der Waals surface area contributed by atoms with Crippen molar-refractivity contribution in [1.82, 2.24) is 4.98 Å². The molecule has 0 bridgehead atoms. The van der Waals surface area contributed by atoms with Crippen LogP contribution in [-0.2, 0) is 6.54 Å². The summed E-state index contributed by atoms with van der Waals surface area (Å²) in [6.45, 7) is 2.73. The molecule has 0 amide bonds. The fraction of sp³-hybridized carbons (Fsp3) is 0.182. The van der Waals surface area contributed by atoms with Gasteiger partial charge in [0.1, 0.15) is 5.01 Å². The number of aromatic nitrogens is 1. The normalized spacial score (nSPS) is 10.4. The molecule has 2 nitrogen and oxygen atoms in total. The predicted molar refractivity (Wildman–Crippen MR) is 73.3 cm³/mol. The summed E-state index contributed by atoms with van der Waals surface area (Å²) in [5.41, 5.74) is 2.09. The molecule has 0 saturated heterocycles. The predicted octanol–water partition coefficient (Wildman–Crippen LogP) is 4.48. The third-order valence-electron chi connectivity index (χ3n) is 2.03. The Morgan fingerprint density at radius 2 is 2.31 bits per heavy atom. The number of hydrogen-bond donors (Lipinski definition) is 1. The van der Waals surface area contributed by atoms with Crippen molar-refractivity contribution < 1.29 is 0 Å². The van der Waals surface area contributed by atoms with Crippen molar-refractivity contribution in [3.63, 3.8) is 0 Å². The Balaban J connectivity index is 2.04. The molecule has 0 aliphatic heterocycles. The average Bonchev–Trinajstić information content (AvgIpc) is 2.63. The van der Waals surface area contributed by atoms with E-state index in [9.17, 15) is 0 Å². The lowest BCUT2D eigenvalue weighted by Crippen LogP contribution is -1.99. The van der Waals surface area contributed by atoms with E-state index in [0.717, 1.165) is 32.4 Å². The van der Waals surface area contributed by atoms with Crippen molar-refractivity contribution in [2.45, 2.75) is 13.5 Å². The highest BCUT2D eigenvalue weighted by Crippen LogP contribution is 2.26. The number of halogens is 2. The zero-order chi connectivity index (χ0) is 11.5. The fourth-order valence-corrected chi connectivity index (χ4v) is 2.82. The first kappa shape index (κ1) is 11.9. The number of hydrogen-bond acceptors (Lipinski definition) is 3. The highest BCUT2D eigenvalue weighted by Gasteiger charge is 2.02. The van der Waals surface area contributed by atoms with Crippen LogP contribution in [0, 0.1) is 6.92 Å². The van der Waals surface area contributed by atoms with Gasteiger partial charge >= 0.3 is 0 Å². The molecular formula is C11H10BrClN2S. The van der Waals surface area contributed by atoms with Gasteiger partial charge in [-0.25, -0.2) is 4.98 Å². The van der Waals surface area contributed by atoms with Crippen LogP contribution in [0.15, 0.2) is 28.1 Å². The second-order valence-corrected chi connectivity index (χ2v) is 5.59. The average molecular weight is 318 g/mol. The Morgan fingerprint density at radius 3 is 2.94 bits per heavy atom. The van der Waals surface area contributed by atoms with Gasteiger partial charge in [-0.2, -0.15) is 0 Å². The molecule has 84 valence electrons. The fourth-order valence-electron chi connectivity index (χ4n) is 1.29. The standard InChI is InChI=1S/C11H10BrClN2S/c1-7-6-16-11(15-7)5-14-10-3-2-8(13)4-9(10)12/h2-4,6,14H,5H2,1H3. The Bertz CT molecular complexity index is 498. The van der Waals surface area contributed by atoms with Gasteiger partial charge in [-0.1, -0.05) is 11.6 Å². The van der Waals surface area contributed by atoms with Gasteiger partial charge in [0, 0.05) is 26.3 Å². The van der Waals surface area contributed by atoms with Gasteiger partial charge in [0.05, 0.1) is 6.54 Å². The van der Waals surface area contributed by atoms with Crippen molar-refractivity contribution in [3.05, 3.63) is 43.8 Å². The van der Waals surface area contributed by atoms with Gasteiger partial charge in [-0.3, -0.25) is 0 Å². The van der Waals surface area contributed by atoms with Gasteiger partial charge in [0.2, 0.25) is 0 Å². The number of thiazole rings is 1. The first-order valence-corrected chi connectivity index (χ1v) is 6.80. The molecule has 5 heteroatoms. The zero-order valence-electron chi connectivity index (χ0n) is 8.63. The van der Waals surface area contributed by atoms with Crippen LogP contribution in [0.1, 0.15) is 10.7 Å². The molecule has 0 fully saturated rings. The van der Waals surface area contributed by atoms with Gasteiger partial charge in [-0.15, -0.1) is 11.3 Å². The molecule has 1 N–H and O–H groups in total. The van der Waals surface area contributed by atoms with Gasteiger partial charge in [0.15, 0.2) is 0 Å². The smallest absolute Gasteiger partial charge is 0.112 e. The van der Waals surface area contributed by atoms with E-state index >= 15 is 0 Å². The van der Waals surface area contributed by atoms with E-state index in [-0.39, 0.29) is 0 Å². The number of rotatable bonds is 3. The van der Waals surface area contributed by atoms with Gasteiger partial charge < -0.3 is 5.32 Å². The molecule has 0 radical (unpaired) electrons. The molecule has 1 aromatic carbocycles. The Morgan fingerprint density at radius 1 is 1.50 bits per heavy atom. The summed E-state index contributed by atoms with van der Waals surface area (Å²) in [6, 6.07) is 5.69. The minimum atomic E-state index is 0.725. The summed E-state index contributed by atoms with van der Waals surface area (Å²) >= 11 is 11.0. The molecule has 16 heavy (non-hydrogen) atoms. The Hall–Kier alpha value is -0.580. The third kappa shape index (κ3) is 2.97. The number of aryl methyl sites for hydroxylation is 1. The van der Waals surface area contributed by atoms with E-state index in [0.29, 0.717) is 0 Å². The maximum absolute atomic E-state index is 5.87. The lowest BCUT2D eigenvalue weighted by molar-refractivity contribution is 1.07. The quantitative estimate of drug-likeness (QED) is 0.903. The van der Waals surface area contributed by atoms with Crippen LogP contribution in [0.2, 0.25) is 5.02 Å². The molecule has 2 aromatic rings. The largest absolute Gasteiger partial charge is 0.378 e. The van der Waals surface area contributed by atoms with E-state index in [4.69, 9.17) is 11.6 Å². The minimum Gasteiger partial charge on any atom is -0.378 e. The summed E-state index contributed by atoms with van der Waals surface area (Å²) in [5, 5.41) is 7.17. The number of nitrogens with zero attached hydrogens (tertiary/aromatic N) is 1. The number of anilines is 1. The molecule has 2 rings (SSSR count). The number of benzene rings is 1. The summed E-state index contributed by atoms with van der Waals surface area (Å²) < 4.78 is 0.966. The first-order valence-electron chi connectivity index (χ1n) is 4.75. The highest BCUT2D eigenvalue weighted by molar-refractivity contribution is 9.10. The molecule has 0 spiro atoms. The van der Waals surface area contributed by atoms with Crippen molar-refractivity contribution in [2.75, 3.05) is 5.32 Å². The first-order chi connectivity index (χ1) is 7.65. The van der Waals surface area contributed by atoms with Crippen LogP contribution in [0.4, 0.5) is 5.69 Å². The minimum absolute atomic E-state index is 0.725. The maximum atomic E-state index is 5.87. The lowest BCUT2D eigenvalue weighted by Gasteiger charge is -2.06. The van der Waals surface area contributed by atoms with Crippen LogP contribution in [0.5, 0.6) is 0 Å². The summed E-state index contributed by atoms with van der Waals surface area (Å²) in [4.78, 5) is 4.39. The number of nitrogens with one attached hydrogen (secondary N) is 1. The third-order valence-corrected chi connectivity index (χ3v) is 3.89. The monoisotopic (exact) mass is 316 g/mol. The van der Waals surface area contributed by atoms with Crippen LogP contribution in [-0.4, -0.2) is 4.98 Å². The molecule has 0 aliphatic carbocycles.